The molecular weight excluding hydrogens is 384 g/mol. The standard InChI is InChI=1S/C28H28O3/c1-21(24-13-14-26-18-27(29-2)16-15-25(26)17-24)28(30-19-22-9-5-3-6-10-22)31-20-23-11-7-4-8-12-23/h3-18,21,28H,19-20H2,1-2H3. The van der Waals surface area contributed by atoms with Crippen LogP contribution in [0, 0.1) is 0 Å². The van der Waals surface area contributed by atoms with Gasteiger partial charge in [-0.25, -0.2) is 0 Å². The number of methoxy groups -OCH3 is 1. The molecule has 31 heavy (non-hydrogen) atoms. The van der Waals surface area contributed by atoms with E-state index in [9.17, 15) is 0 Å². The van der Waals surface area contributed by atoms with Gasteiger partial charge >= 0.3 is 0 Å². The van der Waals surface area contributed by atoms with Crippen molar-refractivity contribution in [2.45, 2.75) is 32.3 Å². The van der Waals surface area contributed by atoms with E-state index in [1.165, 1.54) is 10.9 Å². The second-order valence-electron chi connectivity index (χ2n) is 7.72. The highest BCUT2D eigenvalue weighted by Gasteiger charge is 2.21. The molecule has 0 N–H and O–H groups in total. The molecule has 0 aliphatic heterocycles. The van der Waals surface area contributed by atoms with E-state index in [1.54, 1.807) is 7.11 Å². The van der Waals surface area contributed by atoms with Crippen molar-refractivity contribution >= 4 is 10.8 Å². The summed E-state index contributed by atoms with van der Waals surface area (Å²) in [6.45, 7) is 3.18. The first-order chi connectivity index (χ1) is 15.2. The molecule has 1 atom stereocenters. The van der Waals surface area contributed by atoms with Crippen molar-refractivity contribution in [2.75, 3.05) is 7.11 Å². The van der Waals surface area contributed by atoms with E-state index in [1.807, 2.05) is 42.5 Å². The lowest BCUT2D eigenvalue weighted by Gasteiger charge is -2.25. The van der Waals surface area contributed by atoms with Gasteiger partial charge < -0.3 is 14.2 Å². The Morgan fingerprint density at radius 1 is 0.645 bits per heavy atom. The first-order valence-corrected chi connectivity index (χ1v) is 10.6. The Balaban J connectivity index is 1.54. The zero-order valence-corrected chi connectivity index (χ0v) is 18.0. The SMILES string of the molecule is COc1ccc2cc(C(C)C(OCc3ccccc3)OCc3ccccc3)ccc2c1. The monoisotopic (exact) mass is 412 g/mol. The second kappa shape index (κ2) is 10.3. The summed E-state index contributed by atoms with van der Waals surface area (Å²) < 4.78 is 17.9. The summed E-state index contributed by atoms with van der Waals surface area (Å²) in [4.78, 5) is 0. The maximum atomic E-state index is 6.27. The highest BCUT2D eigenvalue weighted by Crippen LogP contribution is 2.29. The van der Waals surface area contributed by atoms with Gasteiger partial charge in [0, 0.05) is 5.92 Å². The summed E-state index contributed by atoms with van der Waals surface area (Å²) >= 11 is 0. The Labute approximate surface area is 184 Å². The Morgan fingerprint density at radius 3 is 1.77 bits per heavy atom. The fourth-order valence-corrected chi connectivity index (χ4v) is 3.65. The molecule has 0 saturated heterocycles. The molecule has 0 heterocycles. The summed E-state index contributed by atoms with van der Waals surface area (Å²) in [6.07, 6.45) is -0.365. The van der Waals surface area contributed by atoms with Gasteiger partial charge in [0.05, 0.1) is 20.3 Å². The molecule has 0 fully saturated rings. The molecule has 0 aliphatic carbocycles. The van der Waals surface area contributed by atoms with Crippen LogP contribution in [0.15, 0.2) is 97.1 Å². The van der Waals surface area contributed by atoms with Gasteiger partial charge in [-0.05, 0) is 39.6 Å². The molecule has 0 aromatic heterocycles. The number of fused-ring (bicyclic) bond motifs is 1. The first-order valence-electron chi connectivity index (χ1n) is 10.6. The minimum Gasteiger partial charge on any atom is -0.497 e. The van der Waals surface area contributed by atoms with Crippen LogP contribution in [0.5, 0.6) is 5.75 Å². The van der Waals surface area contributed by atoms with Crippen molar-refractivity contribution in [1.82, 2.24) is 0 Å². The van der Waals surface area contributed by atoms with Gasteiger partial charge in [-0.1, -0.05) is 91.9 Å². The average molecular weight is 413 g/mol. The number of hydrogen-bond acceptors (Lipinski definition) is 3. The van der Waals surface area contributed by atoms with Gasteiger partial charge in [0.2, 0.25) is 0 Å². The Bertz CT molecular complexity index is 1050. The predicted molar refractivity (Wildman–Crippen MR) is 125 cm³/mol. The van der Waals surface area contributed by atoms with Crippen LogP contribution in [-0.2, 0) is 22.7 Å². The quantitative estimate of drug-likeness (QED) is 0.286. The fraction of sp³-hybridized carbons (Fsp3) is 0.214. The van der Waals surface area contributed by atoms with Crippen molar-refractivity contribution in [3.05, 3.63) is 114 Å². The summed E-state index contributed by atoms with van der Waals surface area (Å²) in [5, 5.41) is 2.33. The lowest BCUT2D eigenvalue weighted by atomic mass is 9.97. The van der Waals surface area contributed by atoms with E-state index in [-0.39, 0.29) is 12.2 Å². The maximum absolute atomic E-state index is 6.27. The topological polar surface area (TPSA) is 27.7 Å². The molecule has 4 rings (SSSR count). The fourth-order valence-electron chi connectivity index (χ4n) is 3.65. The van der Waals surface area contributed by atoms with Crippen LogP contribution in [0.25, 0.3) is 10.8 Å². The molecule has 0 radical (unpaired) electrons. The van der Waals surface area contributed by atoms with Crippen molar-refractivity contribution in [2.24, 2.45) is 0 Å². The van der Waals surface area contributed by atoms with E-state index < -0.39 is 0 Å². The number of rotatable bonds is 9. The summed E-state index contributed by atoms with van der Waals surface area (Å²) in [7, 11) is 1.69. The van der Waals surface area contributed by atoms with Gasteiger partial charge in [0.1, 0.15) is 5.75 Å². The van der Waals surface area contributed by atoms with Crippen molar-refractivity contribution in [3.63, 3.8) is 0 Å². The minimum absolute atomic E-state index is 0.0685. The van der Waals surface area contributed by atoms with Crippen LogP contribution in [0.3, 0.4) is 0 Å². The summed E-state index contributed by atoms with van der Waals surface area (Å²) in [5.74, 6) is 0.933. The molecule has 1 unspecified atom stereocenters. The van der Waals surface area contributed by atoms with E-state index in [0.29, 0.717) is 13.2 Å². The Hall–Kier alpha value is -3.14. The van der Waals surface area contributed by atoms with Gasteiger partial charge in [-0.3, -0.25) is 0 Å². The van der Waals surface area contributed by atoms with E-state index in [4.69, 9.17) is 14.2 Å². The lowest BCUT2D eigenvalue weighted by Crippen LogP contribution is -2.24. The Morgan fingerprint density at radius 2 is 1.19 bits per heavy atom. The molecule has 158 valence electrons. The molecule has 0 bridgehead atoms. The second-order valence-corrected chi connectivity index (χ2v) is 7.72. The van der Waals surface area contributed by atoms with Crippen LogP contribution < -0.4 is 4.74 Å². The molecule has 0 spiro atoms. The minimum atomic E-state index is -0.365. The smallest absolute Gasteiger partial charge is 0.164 e. The highest BCUT2D eigenvalue weighted by molar-refractivity contribution is 5.84. The van der Waals surface area contributed by atoms with Crippen molar-refractivity contribution in [1.29, 1.82) is 0 Å². The normalized spacial score (nSPS) is 12.2. The lowest BCUT2D eigenvalue weighted by molar-refractivity contribution is -0.167. The third kappa shape index (κ3) is 5.52. The van der Waals surface area contributed by atoms with Gasteiger partial charge in [0.25, 0.3) is 0 Å². The molecular formula is C28H28O3. The summed E-state index contributed by atoms with van der Waals surface area (Å²) in [5.41, 5.74) is 3.45. The third-order valence-corrected chi connectivity index (χ3v) is 5.52. The van der Waals surface area contributed by atoms with Crippen LogP contribution >= 0.6 is 0 Å². The van der Waals surface area contributed by atoms with Gasteiger partial charge in [-0.15, -0.1) is 0 Å². The third-order valence-electron chi connectivity index (χ3n) is 5.52. The van der Waals surface area contributed by atoms with Crippen LogP contribution in [-0.4, -0.2) is 13.4 Å². The maximum Gasteiger partial charge on any atom is 0.164 e. The van der Waals surface area contributed by atoms with E-state index in [0.717, 1.165) is 22.3 Å². The molecule has 0 aliphatic rings. The average Bonchev–Trinajstić information content (AvgIpc) is 2.84. The van der Waals surface area contributed by atoms with E-state index in [2.05, 4.69) is 61.5 Å². The summed E-state index contributed by atoms with van der Waals surface area (Å²) in [6, 6.07) is 33.1. The molecule has 3 heteroatoms. The number of hydrogen-bond donors (Lipinski definition) is 0. The largest absolute Gasteiger partial charge is 0.497 e. The van der Waals surface area contributed by atoms with Crippen LogP contribution in [0.2, 0.25) is 0 Å². The van der Waals surface area contributed by atoms with Crippen molar-refractivity contribution in [3.8, 4) is 5.75 Å². The zero-order chi connectivity index (χ0) is 21.5. The van der Waals surface area contributed by atoms with Crippen molar-refractivity contribution < 1.29 is 14.2 Å². The number of ether oxygens (including phenoxy) is 3. The van der Waals surface area contributed by atoms with E-state index >= 15 is 0 Å². The molecule has 4 aromatic carbocycles. The molecule has 0 saturated carbocycles. The van der Waals surface area contributed by atoms with Crippen LogP contribution in [0.1, 0.15) is 29.5 Å². The number of benzene rings is 4. The Kier molecular flexibility index (Phi) is 6.98. The predicted octanol–water partition coefficient (Wildman–Crippen LogP) is 6.71. The zero-order valence-electron chi connectivity index (χ0n) is 18.0. The van der Waals surface area contributed by atoms with Gasteiger partial charge in [-0.2, -0.15) is 0 Å². The first kappa shape index (κ1) is 21.1. The molecule has 0 amide bonds. The molecule has 4 aromatic rings. The highest BCUT2D eigenvalue weighted by atomic mass is 16.7. The van der Waals surface area contributed by atoms with Crippen LogP contribution in [0.4, 0.5) is 0 Å². The van der Waals surface area contributed by atoms with Gasteiger partial charge in [0.15, 0.2) is 6.29 Å². The molecule has 3 nitrogen and oxygen atoms in total.